The summed E-state index contributed by atoms with van der Waals surface area (Å²) in [7, 11) is 0. The maximum Gasteiger partial charge on any atom is 0.251 e. The molecular formula is C12H20F2N2OS. The Morgan fingerprint density at radius 1 is 1.44 bits per heavy atom. The van der Waals surface area contributed by atoms with Crippen molar-refractivity contribution < 1.29 is 13.9 Å². The molecule has 18 heavy (non-hydrogen) atoms. The van der Waals surface area contributed by atoms with E-state index >= 15 is 0 Å². The number of aromatic nitrogens is 1. The standard InChI is InChI=1S/C12H20F2N2OS/c1-12(2,3)11-15-9(8-18-11)6-16(4-5-17)7-10(13)14/h8,10,17H,4-7H2,1-3H3. The molecule has 1 N–H and O–H groups in total. The molecule has 0 radical (unpaired) electrons. The molecule has 0 aliphatic carbocycles. The fraction of sp³-hybridized carbons (Fsp3) is 0.750. The molecule has 0 aliphatic heterocycles. The smallest absolute Gasteiger partial charge is 0.251 e. The Balaban J connectivity index is 2.66. The third-order valence-electron chi connectivity index (χ3n) is 2.39. The minimum absolute atomic E-state index is 0.0204. The first-order chi connectivity index (χ1) is 8.32. The van der Waals surface area contributed by atoms with Gasteiger partial charge in [-0.05, 0) is 0 Å². The van der Waals surface area contributed by atoms with E-state index in [1.165, 1.54) is 4.90 Å². The average Bonchev–Trinajstić information content (AvgIpc) is 2.64. The molecule has 0 spiro atoms. The lowest BCUT2D eigenvalue weighted by molar-refractivity contribution is 0.0741. The van der Waals surface area contributed by atoms with Gasteiger partial charge in [0.05, 0.1) is 23.9 Å². The van der Waals surface area contributed by atoms with Gasteiger partial charge in [0.2, 0.25) is 0 Å². The van der Waals surface area contributed by atoms with Crippen LogP contribution in [0.15, 0.2) is 5.38 Å². The summed E-state index contributed by atoms with van der Waals surface area (Å²) in [4.78, 5) is 5.98. The number of alkyl halides is 2. The maximum atomic E-state index is 12.4. The molecular weight excluding hydrogens is 258 g/mol. The predicted octanol–water partition coefficient (Wildman–Crippen LogP) is 2.50. The van der Waals surface area contributed by atoms with Gasteiger partial charge in [-0.25, -0.2) is 13.8 Å². The number of nitrogens with zero attached hydrogens (tertiary/aromatic N) is 2. The fourth-order valence-electron chi connectivity index (χ4n) is 1.52. The van der Waals surface area contributed by atoms with E-state index in [1.54, 1.807) is 11.3 Å². The lowest BCUT2D eigenvalue weighted by Gasteiger charge is -2.19. The summed E-state index contributed by atoms with van der Waals surface area (Å²) >= 11 is 1.55. The van der Waals surface area contributed by atoms with Crippen LogP contribution in [-0.2, 0) is 12.0 Å². The van der Waals surface area contributed by atoms with E-state index in [4.69, 9.17) is 5.11 Å². The first kappa shape index (κ1) is 15.5. The second-order valence-corrected chi connectivity index (χ2v) is 6.10. The van der Waals surface area contributed by atoms with Crippen LogP contribution in [0.4, 0.5) is 8.78 Å². The van der Waals surface area contributed by atoms with Gasteiger partial charge < -0.3 is 5.11 Å². The summed E-state index contributed by atoms with van der Waals surface area (Å²) in [5.41, 5.74) is 0.770. The van der Waals surface area contributed by atoms with Gasteiger partial charge in [-0.15, -0.1) is 11.3 Å². The number of aliphatic hydroxyl groups is 1. The summed E-state index contributed by atoms with van der Waals surface area (Å²) in [5.74, 6) is 0. The topological polar surface area (TPSA) is 36.4 Å². The van der Waals surface area contributed by atoms with Crippen molar-refractivity contribution in [2.45, 2.75) is 39.2 Å². The highest BCUT2D eigenvalue weighted by molar-refractivity contribution is 7.09. The number of rotatable bonds is 6. The first-order valence-electron chi connectivity index (χ1n) is 5.89. The highest BCUT2D eigenvalue weighted by atomic mass is 32.1. The Kier molecular flexibility index (Phi) is 5.62. The Bertz CT molecular complexity index is 363. The fourth-order valence-corrected chi connectivity index (χ4v) is 2.42. The second kappa shape index (κ2) is 6.54. The first-order valence-corrected chi connectivity index (χ1v) is 6.77. The van der Waals surface area contributed by atoms with Crippen molar-refractivity contribution in [3.05, 3.63) is 16.1 Å². The Morgan fingerprint density at radius 3 is 2.56 bits per heavy atom. The van der Waals surface area contributed by atoms with Crippen molar-refractivity contribution in [1.29, 1.82) is 0 Å². The molecule has 0 aliphatic rings. The zero-order valence-corrected chi connectivity index (χ0v) is 11.8. The molecule has 1 heterocycles. The summed E-state index contributed by atoms with van der Waals surface area (Å²) in [6, 6.07) is 0. The number of thiazole rings is 1. The van der Waals surface area contributed by atoms with E-state index < -0.39 is 6.43 Å². The molecule has 3 nitrogen and oxygen atoms in total. The molecule has 1 rings (SSSR count). The van der Waals surface area contributed by atoms with E-state index in [0.717, 1.165) is 10.7 Å². The van der Waals surface area contributed by atoms with Crippen LogP contribution in [0.2, 0.25) is 0 Å². The summed E-state index contributed by atoms with van der Waals surface area (Å²) in [5, 5.41) is 11.8. The van der Waals surface area contributed by atoms with E-state index in [0.29, 0.717) is 6.54 Å². The Labute approximate surface area is 110 Å². The van der Waals surface area contributed by atoms with Crippen LogP contribution in [0, 0.1) is 0 Å². The van der Waals surface area contributed by atoms with Gasteiger partial charge in [0.15, 0.2) is 0 Å². The van der Waals surface area contributed by atoms with Crippen LogP contribution in [0.1, 0.15) is 31.5 Å². The highest BCUT2D eigenvalue weighted by Gasteiger charge is 2.19. The predicted molar refractivity (Wildman–Crippen MR) is 69.2 cm³/mol. The number of hydrogen-bond donors (Lipinski definition) is 1. The number of aliphatic hydroxyl groups excluding tert-OH is 1. The molecule has 0 saturated carbocycles. The normalized spacial score (nSPS) is 12.7. The Morgan fingerprint density at radius 2 is 2.11 bits per heavy atom. The van der Waals surface area contributed by atoms with Crippen molar-refractivity contribution in [2.75, 3.05) is 19.7 Å². The largest absolute Gasteiger partial charge is 0.395 e. The van der Waals surface area contributed by atoms with Crippen molar-refractivity contribution in [3.63, 3.8) is 0 Å². The molecule has 0 aromatic carbocycles. The lowest BCUT2D eigenvalue weighted by atomic mass is 9.98. The van der Waals surface area contributed by atoms with Gasteiger partial charge in [-0.1, -0.05) is 20.8 Å². The van der Waals surface area contributed by atoms with Crippen LogP contribution in [0.3, 0.4) is 0 Å². The van der Waals surface area contributed by atoms with Crippen LogP contribution in [0.5, 0.6) is 0 Å². The third-order valence-corrected chi connectivity index (χ3v) is 3.71. The van der Waals surface area contributed by atoms with E-state index in [1.807, 2.05) is 5.38 Å². The summed E-state index contributed by atoms with van der Waals surface area (Å²) < 4.78 is 24.7. The van der Waals surface area contributed by atoms with Crippen LogP contribution in [0.25, 0.3) is 0 Å². The molecule has 6 heteroatoms. The number of hydrogen-bond acceptors (Lipinski definition) is 4. The van der Waals surface area contributed by atoms with Crippen LogP contribution >= 0.6 is 11.3 Å². The molecule has 1 aromatic heterocycles. The van der Waals surface area contributed by atoms with Crippen molar-refractivity contribution in [2.24, 2.45) is 0 Å². The van der Waals surface area contributed by atoms with Gasteiger partial charge >= 0.3 is 0 Å². The van der Waals surface area contributed by atoms with Gasteiger partial charge in [0.1, 0.15) is 0 Å². The summed E-state index contributed by atoms with van der Waals surface area (Å²) in [6.45, 7) is 6.36. The highest BCUT2D eigenvalue weighted by Crippen LogP contribution is 2.26. The molecule has 0 amide bonds. The van der Waals surface area contributed by atoms with E-state index in [2.05, 4.69) is 25.8 Å². The van der Waals surface area contributed by atoms with Gasteiger partial charge in [0.25, 0.3) is 6.43 Å². The van der Waals surface area contributed by atoms with Gasteiger partial charge in [0, 0.05) is 23.9 Å². The lowest BCUT2D eigenvalue weighted by Crippen LogP contribution is -2.31. The minimum Gasteiger partial charge on any atom is -0.395 e. The van der Waals surface area contributed by atoms with Crippen molar-refractivity contribution in [3.8, 4) is 0 Å². The van der Waals surface area contributed by atoms with E-state index in [-0.39, 0.29) is 25.1 Å². The van der Waals surface area contributed by atoms with Crippen LogP contribution < -0.4 is 0 Å². The maximum absolute atomic E-state index is 12.4. The molecule has 104 valence electrons. The van der Waals surface area contributed by atoms with Gasteiger partial charge in [-0.2, -0.15) is 0 Å². The SMILES string of the molecule is CC(C)(C)c1nc(CN(CCO)CC(F)F)cs1. The monoisotopic (exact) mass is 278 g/mol. The quantitative estimate of drug-likeness (QED) is 0.868. The Hall–Kier alpha value is -0.590. The number of halogens is 2. The van der Waals surface area contributed by atoms with Crippen molar-refractivity contribution >= 4 is 11.3 Å². The second-order valence-electron chi connectivity index (χ2n) is 5.24. The molecule has 0 saturated heterocycles. The van der Waals surface area contributed by atoms with E-state index in [9.17, 15) is 8.78 Å². The summed E-state index contributed by atoms with van der Waals surface area (Å²) in [6.07, 6.45) is -2.39. The third kappa shape index (κ3) is 4.96. The van der Waals surface area contributed by atoms with Crippen molar-refractivity contribution in [1.82, 2.24) is 9.88 Å². The molecule has 0 unspecified atom stereocenters. The zero-order chi connectivity index (χ0) is 13.8. The molecule has 0 fully saturated rings. The van der Waals surface area contributed by atoms with Crippen LogP contribution in [-0.4, -0.2) is 41.1 Å². The van der Waals surface area contributed by atoms with Gasteiger partial charge in [-0.3, -0.25) is 4.90 Å². The zero-order valence-electron chi connectivity index (χ0n) is 11.0. The minimum atomic E-state index is -2.39. The average molecular weight is 278 g/mol. The molecule has 0 atom stereocenters. The molecule has 1 aromatic rings. The molecule has 0 bridgehead atoms.